The van der Waals surface area contributed by atoms with Crippen LogP contribution in [0.5, 0.6) is 0 Å². The standard InChI is InChI=1S/C13H24N2O3/c1-3-7-13(8-5-10-15-13)12(17)14-9-4-6-11(16)18-2/h15H,3-10H2,1-2H3,(H,14,17). The summed E-state index contributed by atoms with van der Waals surface area (Å²) in [7, 11) is 1.37. The van der Waals surface area contributed by atoms with Gasteiger partial charge in [0.25, 0.3) is 0 Å². The maximum atomic E-state index is 12.2. The lowest BCUT2D eigenvalue weighted by Gasteiger charge is -2.27. The van der Waals surface area contributed by atoms with Gasteiger partial charge >= 0.3 is 5.97 Å². The van der Waals surface area contributed by atoms with Crippen LogP contribution in [-0.2, 0) is 14.3 Å². The Kier molecular flexibility index (Phi) is 6.12. The van der Waals surface area contributed by atoms with Crippen LogP contribution in [0.15, 0.2) is 0 Å². The summed E-state index contributed by atoms with van der Waals surface area (Å²) in [6.07, 6.45) is 4.79. The van der Waals surface area contributed by atoms with Gasteiger partial charge in [-0.15, -0.1) is 0 Å². The summed E-state index contributed by atoms with van der Waals surface area (Å²) in [6.45, 7) is 3.53. The summed E-state index contributed by atoms with van der Waals surface area (Å²) in [5, 5.41) is 6.25. The molecule has 1 heterocycles. The van der Waals surface area contributed by atoms with Crippen LogP contribution in [0.25, 0.3) is 0 Å². The first-order chi connectivity index (χ1) is 8.64. The van der Waals surface area contributed by atoms with Crippen LogP contribution in [0.4, 0.5) is 0 Å². The summed E-state index contributed by atoms with van der Waals surface area (Å²) in [5.41, 5.74) is -0.375. The van der Waals surface area contributed by atoms with E-state index in [1.54, 1.807) is 0 Å². The van der Waals surface area contributed by atoms with Crippen LogP contribution in [-0.4, -0.2) is 37.6 Å². The van der Waals surface area contributed by atoms with E-state index in [1.165, 1.54) is 7.11 Å². The predicted molar refractivity (Wildman–Crippen MR) is 69.1 cm³/mol. The van der Waals surface area contributed by atoms with Gasteiger partial charge in [-0.1, -0.05) is 13.3 Å². The summed E-state index contributed by atoms with van der Waals surface area (Å²) in [6, 6.07) is 0. The van der Waals surface area contributed by atoms with Crippen LogP contribution in [0, 0.1) is 0 Å². The number of nitrogens with one attached hydrogen (secondary N) is 2. The van der Waals surface area contributed by atoms with Crippen molar-refractivity contribution in [3.8, 4) is 0 Å². The highest BCUT2D eigenvalue weighted by Gasteiger charge is 2.39. The fourth-order valence-corrected chi connectivity index (χ4v) is 2.46. The average molecular weight is 256 g/mol. The third-order valence-corrected chi connectivity index (χ3v) is 3.43. The molecule has 5 nitrogen and oxygen atoms in total. The Morgan fingerprint density at radius 2 is 2.22 bits per heavy atom. The molecule has 104 valence electrons. The van der Waals surface area contributed by atoms with Crippen molar-refractivity contribution in [1.82, 2.24) is 10.6 Å². The zero-order valence-corrected chi connectivity index (χ0v) is 11.4. The number of esters is 1. The van der Waals surface area contributed by atoms with Gasteiger partial charge in [-0.25, -0.2) is 0 Å². The summed E-state index contributed by atoms with van der Waals surface area (Å²) >= 11 is 0. The normalized spacial score (nSPS) is 22.8. The molecule has 0 aromatic carbocycles. The van der Waals surface area contributed by atoms with E-state index in [2.05, 4.69) is 22.3 Å². The third kappa shape index (κ3) is 3.98. The Hall–Kier alpha value is -1.10. The van der Waals surface area contributed by atoms with Gasteiger partial charge in [-0.05, 0) is 32.2 Å². The van der Waals surface area contributed by atoms with Gasteiger partial charge in [0.15, 0.2) is 0 Å². The second-order valence-electron chi connectivity index (χ2n) is 4.80. The third-order valence-electron chi connectivity index (χ3n) is 3.43. The molecule has 1 unspecified atom stereocenters. The van der Waals surface area contributed by atoms with Crippen LogP contribution < -0.4 is 10.6 Å². The Morgan fingerprint density at radius 3 is 2.78 bits per heavy atom. The van der Waals surface area contributed by atoms with Crippen LogP contribution >= 0.6 is 0 Å². The van der Waals surface area contributed by atoms with Gasteiger partial charge in [0.1, 0.15) is 0 Å². The zero-order valence-electron chi connectivity index (χ0n) is 11.4. The highest BCUT2D eigenvalue weighted by Crippen LogP contribution is 2.24. The summed E-state index contributed by atoms with van der Waals surface area (Å²) < 4.78 is 4.55. The molecule has 1 amide bonds. The van der Waals surface area contributed by atoms with E-state index in [4.69, 9.17) is 0 Å². The Labute approximate surface area is 109 Å². The van der Waals surface area contributed by atoms with E-state index < -0.39 is 0 Å². The number of carbonyl (C=O) groups excluding carboxylic acids is 2. The topological polar surface area (TPSA) is 67.4 Å². The van der Waals surface area contributed by atoms with E-state index >= 15 is 0 Å². The van der Waals surface area contributed by atoms with Crippen molar-refractivity contribution in [2.75, 3.05) is 20.2 Å². The maximum Gasteiger partial charge on any atom is 0.305 e. The number of rotatable bonds is 7. The highest BCUT2D eigenvalue weighted by atomic mass is 16.5. The number of hydrogen-bond acceptors (Lipinski definition) is 4. The van der Waals surface area contributed by atoms with E-state index in [1.807, 2.05) is 0 Å². The fraction of sp³-hybridized carbons (Fsp3) is 0.846. The van der Waals surface area contributed by atoms with E-state index in [9.17, 15) is 9.59 Å². The molecule has 1 saturated heterocycles. The number of methoxy groups -OCH3 is 1. The van der Waals surface area contributed by atoms with Gasteiger partial charge < -0.3 is 15.4 Å². The first kappa shape index (κ1) is 15.0. The largest absolute Gasteiger partial charge is 0.469 e. The van der Waals surface area contributed by atoms with Gasteiger partial charge in [0.2, 0.25) is 5.91 Å². The zero-order chi connectivity index (χ0) is 13.4. The van der Waals surface area contributed by atoms with Crippen LogP contribution in [0.3, 0.4) is 0 Å². The van der Waals surface area contributed by atoms with Crippen molar-refractivity contribution >= 4 is 11.9 Å². The minimum Gasteiger partial charge on any atom is -0.469 e. The van der Waals surface area contributed by atoms with Crippen molar-refractivity contribution in [1.29, 1.82) is 0 Å². The molecule has 5 heteroatoms. The molecule has 1 aliphatic heterocycles. The molecular formula is C13H24N2O3. The van der Waals surface area contributed by atoms with Crippen molar-refractivity contribution in [2.24, 2.45) is 0 Å². The van der Waals surface area contributed by atoms with Crippen molar-refractivity contribution in [3.63, 3.8) is 0 Å². The summed E-state index contributed by atoms with van der Waals surface area (Å²) in [4.78, 5) is 23.1. The minimum atomic E-state index is -0.375. The lowest BCUT2D eigenvalue weighted by atomic mass is 9.91. The molecule has 1 atom stereocenters. The number of hydrogen-bond donors (Lipinski definition) is 2. The monoisotopic (exact) mass is 256 g/mol. The molecule has 0 spiro atoms. The molecule has 0 saturated carbocycles. The van der Waals surface area contributed by atoms with Gasteiger partial charge in [0.05, 0.1) is 12.6 Å². The molecule has 1 aliphatic rings. The van der Waals surface area contributed by atoms with E-state index in [0.717, 1.165) is 32.2 Å². The maximum absolute atomic E-state index is 12.2. The van der Waals surface area contributed by atoms with Crippen LogP contribution in [0.2, 0.25) is 0 Å². The predicted octanol–water partition coefficient (Wildman–Crippen LogP) is 0.978. The number of amides is 1. The molecule has 0 aromatic heterocycles. The summed E-state index contributed by atoms with van der Waals surface area (Å²) in [5.74, 6) is -0.154. The second kappa shape index (κ2) is 7.36. The average Bonchev–Trinajstić information content (AvgIpc) is 2.84. The Bertz CT molecular complexity index is 286. The quantitative estimate of drug-likeness (QED) is 0.526. The molecule has 0 aromatic rings. The van der Waals surface area contributed by atoms with Crippen molar-refractivity contribution in [2.45, 2.75) is 51.0 Å². The van der Waals surface area contributed by atoms with Gasteiger partial charge in [0, 0.05) is 13.0 Å². The minimum absolute atomic E-state index is 0.0757. The molecule has 0 aliphatic carbocycles. The number of carbonyl (C=O) groups is 2. The van der Waals surface area contributed by atoms with E-state index in [0.29, 0.717) is 19.4 Å². The Morgan fingerprint density at radius 1 is 1.44 bits per heavy atom. The molecular weight excluding hydrogens is 232 g/mol. The smallest absolute Gasteiger partial charge is 0.305 e. The first-order valence-corrected chi connectivity index (χ1v) is 6.75. The number of ether oxygens (including phenoxy) is 1. The van der Waals surface area contributed by atoms with Crippen LogP contribution in [0.1, 0.15) is 45.4 Å². The van der Waals surface area contributed by atoms with Crippen molar-refractivity contribution in [3.05, 3.63) is 0 Å². The molecule has 0 bridgehead atoms. The molecule has 18 heavy (non-hydrogen) atoms. The SMILES string of the molecule is CCCC1(C(=O)NCCCC(=O)OC)CCCN1. The van der Waals surface area contributed by atoms with E-state index in [-0.39, 0.29) is 17.4 Å². The van der Waals surface area contributed by atoms with Crippen molar-refractivity contribution < 1.29 is 14.3 Å². The fourth-order valence-electron chi connectivity index (χ4n) is 2.46. The van der Waals surface area contributed by atoms with Gasteiger partial charge in [-0.2, -0.15) is 0 Å². The second-order valence-corrected chi connectivity index (χ2v) is 4.80. The lowest BCUT2D eigenvalue weighted by Crippen LogP contribution is -2.53. The first-order valence-electron chi connectivity index (χ1n) is 6.75. The molecule has 1 rings (SSSR count). The van der Waals surface area contributed by atoms with Gasteiger partial charge in [-0.3, -0.25) is 9.59 Å². The Balaban J connectivity index is 2.32. The molecule has 1 fully saturated rings. The molecule has 0 radical (unpaired) electrons. The highest BCUT2D eigenvalue weighted by molar-refractivity contribution is 5.86. The molecule has 2 N–H and O–H groups in total. The lowest BCUT2D eigenvalue weighted by molar-refractivity contribution is -0.140.